The van der Waals surface area contributed by atoms with Gasteiger partial charge in [-0.2, -0.15) is 0 Å². The summed E-state index contributed by atoms with van der Waals surface area (Å²) in [6.45, 7) is 13.4. The number of likely N-dealkylation sites (tertiary alicyclic amines) is 1. The van der Waals surface area contributed by atoms with E-state index in [0.717, 1.165) is 36.4 Å². The van der Waals surface area contributed by atoms with Gasteiger partial charge in [0, 0.05) is 25.3 Å². The largest absolute Gasteiger partial charge is 0.507 e. The van der Waals surface area contributed by atoms with E-state index >= 15 is 0 Å². The number of hydrogen-bond donors (Lipinski definition) is 1. The zero-order valence-corrected chi connectivity index (χ0v) is 24.2. The van der Waals surface area contributed by atoms with Crippen molar-refractivity contribution >= 4 is 23.1 Å². The summed E-state index contributed by atoms with van der Waals surface area (Å²) in [6, 6.07) is 12.9. The SMILES string of the molecule is CCN(CC)c1ccc(C2/C(=C(\O)c3cc(C(C)(C)C)ccc3OC)C(=O)C(=O)N2CCCN(C)C)cc1. The van der Waals surface area contributed by atoms with E-state index in [1.807, 2.05) is 55.4 Å². The Hall–Kier alpha value is -3.32. The second-order valence-electron chi connectivity index (χ2n) is 11.1. The number of ketones is 1. The number of rotatable bonds is 10. The van der Waals surface area contributed by atoms with Crippen molar-refractivity contribution in [3.8, 4) is 5.75 Å². The summed E-state index contributed by atoms with van der Waals surface area (Å²) in [5, 5.41) is 11.7. The molecule has 1 N–H and O–H groups in total. The number of ether oxygens (including phenoxy) is 1. The second-order valence-corrected chi connectivity index (χ2v) is 11.1. The van der Waals surface area contributed by atoms with E-state index in [4.69, 9.17) is 4.74 Å². The van der Waals surface area contributed by atoms with Crippen LogP contribution in [0.3, 0.4) is 0 Å². The highest BCUT2D eigenvalue weighted by molar-refractivity contribution is 6.46. The van der Waals surface area contributed by atoms with Crippen molar-refractivity contribution in [1.82, 2.24) is 9.80 Å². The molecule has 0 spiro atoms. The normalized spacial score (nSPS) is 17.4. The highest BCUT2D eigenvalue weighted by Crippen LogP contribution is 2.42. The zero-order chi connectivity index (χ0) is 28.2. The summed E-state index contributed by atoms with van der Waals surface area (Å²) in [4.78, 5) is 32.7. The van der Waals surface area contributed by atoms with E-state index in [-0.39, 0.29) is 16.7 Å². The minimum absolute atomic E-state index is 0.0970. The van der Waals surface area contributed by atoms with Crippen LogP contribution in [0.2, 0.25) is 0 Å². The number of Topliss-reactive ketones (excluding diaryl/α,β-unsaturated/α-hetero) is 1. The number of hydrogen-bond acceptors (Lipinski definition) is 6. The van der Waals surface area contributed by atoms with Crippen LogP contribution >= 0.6 is 0 Å². The van der Waals surface area contributed by atoms with Crippen molar-refractivity contribution in [2.75, 3.05) is 52.3 Å². The van der Waals surface area contributed by atoms with E-state index in [0.29, 0.717) is 24.3 Å². The first-order valence-electron chi connectivity index (χ1n) is 13.4. The molecule has 0 aromatic heterocycles. The molecule has 206 valence electrons. The summed E-state index contributed by atoms with van der Waals surface area (Å²) in [6.07, 6.45) is 0.705. The van der Waals surface area contributed by atoms with E-state index in [2.05, 4.69) is 39.5 Å². The fourth-order valence-corrected chi connectivity index (χ4v) is 4.98. The van der Waals surface area contributed by atoms with Gasteiger partial charge < -0.3 is 24.5 Å². The average molecular weight is 522 g/mol. The molecule has 1 aliphatic heterocycles. The number of anilines is 1. The maximum Gasteiger partial charge on any atom is 0.295 e. The smallest absolute Gasteiger partial charge is 0.295 e. The van der Waals surface area contributed by atoms with E-state index < -0.39 is 17.7 Å². The fourth-order valence-electron chi connectivity index (χ4n) is 4.98. The highest BCUT2D eigenvalue weighted by atomic mass is 16.5. The quantitative estimate of drug-likeness (QED) is 0.263. The maximum absolute atomic E-state index is 13.5. The number of benzene rings is 2. The van der Waals surface area contributed by atoms with Gasteiger partial charge in [-0.15, -0.1) is 0 Å². The van der Waals surface area contributed by atoms with Crippen molar-refractivity contribution in [3.05, 3.63) is 64.7 Å². The Morgan fingerprint density at radius 2 is 1.66 bits per heavy atom. The van der Waals surface area contributed by atoms with Gasteiger partial charge in [0.2, 0.25) is 0 Å². The first-order chi connectivity index (χ1) is 17.9. The molecule has 1 unspecified atom stereocenters. The summed E-state index contributed by atoms with van der Waals surface area (Å²) >= 11 is 0. The van der Waals surface area contributed by atoms with Gasteiger partial charge in [-0.1, -0.05) is 39.0 Å². The van der Waals surface area contributed by atoms with Gasteiger partial charge in [0.25, 0.3) is 11.7 Å². The van der Waals surface area contributed by atoms with Crippen LogP contribution in [0.5, 0.6) is 5.75 Å². The van der Waals surface area contributed by atoms with Crippen LogP contribution in [0.15, 0.2) is 48.0 Å². The standard InChI is InChI=1S/C31H43N3O4/c1-9-33(10-2)23-15-12-21(13-16-23)27-26(29(36)30(37)34(27)19-11-18-32(6)7)28(35)24-20-22(31(3,4)5)14-17-25(24)38-8/h12-17,20,27,35H,9-11,18-19H2,1-8H3/b28-26+. The van der Waals surface area contributed by atoms with Crippen LogP contribution in [-0.4, -0.2) is 74.0 Å². The number of amides is 1. The number of carbonyl (C=O) groups excluding carboxylic acids is 2. The lowest BCUT2D eigenvalue weighted by atomic mass is 9.85. The molecule has 1 atom stereocenters. The van der Waals surface area contributed by atoms with Gasteiger partial charge in [0.05, 0.1) is 24.3 Å². The summed E-state index contributed by atoms with van der Waals surface area (Å²) < 4.78 is 5.57. The number of aliphatic hydroxyl groups excluding tert-OH is 1. The molecule has 2 aromatic carbocycles. The van der Waals surface area contributed by atoms with Gasteiger partial charge in [-0.25, -0.2) is 0 Å². The molecule has 2 aromatic rings. The average Bonchev–Trinajstić information content (AvgIpc) is 3.13. The van der Waals surface area contributed by atoms with Gasteiger partial charge in [-0.3, -0.25) is 9.59 Å². The second kappa shape index (κ2) is 12.0. The van der Waals surface area contributed by atoms with Gasteiger partial charge >= 0.3 is 0 Å². The Kier molecular flexibility index (Phi) is 9.26. The van der Waals surface area contributed by atoms with Crippen molar-refractivity contribution in [2.45, 2.75) is 52.5 Å². The molecule has 0 saturated carbocycles. The fraction of sp³-hybridized carbons (Fsp3) is 0.484. The van der Waals surface area contributed by atoms with Crippen molar-refractivity contribution in [2.24, 2.45) is 0 Å². The Morgan fingerprint density at radius 1 is 1.03 bits per heavy atom. The minimum Gasteiger partial charge on any atom is -0.507 e. The zero-order valence-electron chi connectivity index (χ0n) is 24.2. The van der Waals surface area contributed by atoms with Gasteiger partial charge in [0.15, 0.2) is 0 Å². The molecule has 3 rings (SSSR count). The van der Waals surface area contributed by atoms with Crippen molar-refractivity contribution in [3.63, 3.8) is 0 Å². The lowest BCUT2D eigenvalue weighted by Gasteiger charge is -2.27. The predicted molar refractivity (Wildman–Crippen MR) is 154 cm³/mol. The first kappa shape index (κ1) is 29.2. The molecule has 1 fully saturated rings. The molecule has 1 aliphatic rings. The lowest BCUT2D eigenvalue weighted by molar-refractivity contribution is -0.139. The van der Waals surface area contributed by atoms with Crippen LogP contribution in [0.25, 0.3) is 5.76 Å². The summed E-state index contributed by atoms with van der Waals surface area (Å²) in [5.41, 5.74) is 3.18. The van der Waals surface area contributed by atoms with Crippen LogP contribution in [0.1, 0.15) is 63.8 Å². The Balaban J connectivity index is 2.19. The number of aliphatic hydroxyl groups is 1. The number of carbonyl (C=O) groups is 2. The van der Waals surface area contributed by atoms with Gasteiger partial charge in [0.1, 0.15) is 11.5 Å². The molecule has 1 amide bonds. The van der Waals surface area contributed by atoms with Crippen molar-refractivity contribution < 1.29 is 19.4 Å². The molecule has 7 heteroatoms. The Labute approximate surface area is 227 Å². The summed E-state index contributed by atoms with van der Waals surface area (Å²) in [7, 11) is 5.49. The molecular formula is C31H43N3O4. The molecule has 0 radical (unpaired) electrons. The molecule has 1 heterocycles. The number of methoxy groups -OCH3 is 1. The predicted octanol–water partition coefficient (Wildman–Crippen LogP) is 5.21. The third-order valence-corrected chi connectivity index (χ3v) is 7.20. The molecule has 0 aliphatic carbocycles. The first-order valence-corrected chi connectivity index (χ1v) is 13.4. The Morgan fingerprint density at radius 3 is 2.18 bits per heavy atom. The van der Waals surface area contributed by atoms with E-state index in [1.54, 1.807) is 11.0 Å². The monoisotopic (exact) mass is 521 g/mol. The maximum atomic E-state index is 13.5. The lowest BCUT2D eigenvalue weighted by Crippen LogP contribution is -2.32. The van der Waals surface area contributed by atoms with Gasteiger partial charge in [-0.05, 0) is 81.7 Å². The van der Waals surface area contributed by atoms with Crippen molar-refractivity contribution in [1.29, 1.82) is 0 Å². The molecule has 0 bridgehead atoms. The van der Waals surface area contributed by atoms with E-state index in [1.165, 1.54) is 7.11 Å². The number of nitrogens with zero attached hydrogens (tertiary/aromatic N) is 3. The van der Waals surface area contributed by atoms with Crippen LogP contribution in [0.4, 0.5) is 5.69 Å². The van der Waals surface area contributed by atoms with Crippen LogP contribution < -0.4 is 9.64 Å². The molecule has 7 nitrogen and oxygen atoms in total. The molecular weight excluding hydrogens is 478 g/mol. The summed E-state index contributed by atoms with van der Waals surface area (Å²) in [5.74, 6) is -1.02. The minimum atomic E-state index is -0.689. The van der Waals surface area contributed by atoms with Crippen LogP contribution in [-0.2, 0) is 15.0 Å². The topological polar surface area (TPSA) is 73.3 Å². The molecule has 1 saturated heterocycles. The molecule has 38 heavy (non-hydrogen) atoms. The third kappa shape index (κ3) is 6.04. The highest BCUT2D eigenvalue weighted by Gasteiger charge is 2.46. The van der Waals surface area contributed by atoms with E-state index in [9.17, 15) is 14.7 Å². The Bertz CT molecular complexity index is 1170. The third-order valence-electron chi connectivity index (χ3n) is 7.20. The van der Waals surface area contributed by atoms with Crippen LogP contribution in [0, 0.1) is 0 Å².